The monoisotopic (exact) mass is 948 g/mol. The summed E-state index contributed by atoms with van der Waals surface area (Å²) in [5.41, 5.74) is 21.7. The Morgan fingerprint density at radius 1 is 0.329 bits per heavy atom. The van der Waals surface area contributed by atoms with E-state index in [-0.39, 0.29) is 5.41 Å². The van der Waals surface area contributed by atoms with E-state index in [1.807, 2.05) is 23.5 Å². The first-order valence-corrected chi connectivity index (χ1v) is 26.0. The van der Waals surface area contributed by atoms with Crippen molar-refractivity contribution in [1.29, 1.82) is 0 Å². The summed E-state index contributed by atoms with van der Waals surface area (Å²) >= 11 is 1.95. The van der Waals surface area contributed by atoms with E-state index in [2.05, 4.69) is 241 Å². The van der Waals surface area contributed by atoms with Gasteiger partial charge in [0.25, 0.3) is 0 Å². The van der Waals surface area contributed by atoms with Crippen LogP contribution in [0.15, 0.2) is 235 Å². The second-order valence-corrected chi connectivity index (χ2v) is 21.4. The molecule has 342 valence electrons. The highest BCUT2D eigenvalue weighted by Crippen LogP contribution is 2.54. The number of aromatic nitrogens is 2. The SMILES string of the molecule is CC1(C)c2ccccc2-c2c1ccc1c2sc2c(-c3ccc(-c4ccc5c(c4)c4cc(-c6ccc7c(c6)c6ccccc6n7-c6ccc7oc8ccccc8c7c6)ccc4n5-c4ccccc4)cc3)cccc21. The maximum atomic E-state index is 6.23. The molecule has 0 aliphatic heterocycles. The van der Waals surface area contributed by atoms with E-state index in [0.717, 1.165) is 33.3 Å². The van der Waals surface area contributed by atoms with Gasteiger partial charge in [-0.1, -0.05) is 166 Å². The average molecular weight is 949 g/mol. The van der Waals surface area contributed by atoms with Crippen LogP contribution >= 0.6 is 11.3 Å². The number of nitrogens with zero attached hydrogens (tertiary/aromatic N) is 2. The molecule has 4 heterocycles. The Hall–Kier alpha value is -8.96. The predicted octanol–water partition coefficient (Wildman–Crippen LogP) is 19.5. The number of fused-ring (bicyclic) bond motifs is 16. The van der Waals surface area contributed by atoms with Crippen LogP contribution in [0, 0.1) is 0 Å². The van der Waals surface area contributed by atoms with Crippen molar-refractivity contribution in [2.45, 2.75) is 19.3 Å². The van der Waals surface area contributed by atoms with Crippen LogP contribution in [0.5, 0.6) is 0 Å². The molecule has 3 nitrogen and oxygen atoms in total. The van der Waals surface area contributed by atoms with E-state index in [1.54, 1.807) is 0 Å². The topological polar surface area (TPSA) is 23.0 Å². The summed E-state index contributed by atoms with van der Waals surface area (Å²) in [4.78, 5) is 0. The molecule has 4 aromatic heterocycles. The van der Waals surface area contributed by atoms with Crippen molar-refractivity contribution in [2.24, 2.45) is 0 Å². The normalized spacial score (nSPS) is 13.2. The van der Waals surface area contributed by atoms with Crippen molar-refractivity contribution in [3.05, 3.63) is 242 Å². The molecule has 0 spiro atoms. The van der Waals surface area contributed by atoms with Crippen LogP contribution in [0.25, 0.3) is 142 Å². The van der Waals surface area contributed by atoms with Gasteiger partial charge in [0.2, 0.25) is 0 Å². The van der Waals surface area contributed by atoms with Gasteiger partial charge in [0.1, 0.15) is 11.2 Å². The highest BCUT2D eigenvalue weighted by molar-refractivity contribution is 7.27. The van der Waals surface area contributed by atoms with Crippen LogP contribution in [-0.2, 0) is 5.41 Å². The standard InChI is InChI=1S/C69H44N2OS/c1-69(2)58-20-9-6-17-53(58)66-59(69)32-31-52-51-19-12-18-48(67(51)73-68(52)66)42-25-23-41(24-26-42)43-27-33-62-55(37-43)56-39-45(29-35-63(56)70(62)46-13-4-3-5-14-46)44-28-34-61-54(38-44)49-15-7-10-21-60(49)71(61)47-30-36-65-57(40-47)50-16-8-11-22-64(50)72-65/h3-40H,1-2H3. The third-order valence-corrected chi connectivity index (χ3v) is 17.4. The van der Waals surface area contributed by atoms with Crippen LogP contribution < -0.4 is 0 Å². The van der Waals surface area contributed by atoms with Gasteiger partial charge in [0.05, 0.1) is 22.1 Å². The van der Waals surface area contributed by atoms with Gasteiger partial charge in [0, 0.05) is 74.8 Å². The third-order valence-electron chi connectivity index (χ3n) is 16.1. The van der Waals surface area contributed by atoms with Crippen molar-refractivity contribution < 1.29 is 4.42 Å². The molecule has 0 fully saturated rings. The van der Waals surface area contributed by atoms with E-state index in [9.17, 15) is 0 Å². The summed E-state index contributed by atoms with van der Waals surface area (Å²) in [6.07, 6.45) is 0. The van der Waals surface area contributed by atoms with Gasteiger partial charge in [-0.2, -0.15) is 0 Å². The Kier molecular flexibility index (Phi) is 8.39. The van der Waals surface area contributed by atoms with Crippen LogP contribution in [0.1, 0.15) is 25.0 Å². The molecule has 73 heavy (non-hydrogen) atoms. The fourth-order valence-electron chi connectivity index (χ4n) is 12.6. The van der Waals surface area contributed by atoms with Gasteiger partial charge in [0.15, 0.2) is 0 Å². The fourth-order valence-corrected chi connectivity index (χ4v) is 14.0. The minimum absolute atomic E-state index is 0.0228. The van der Waals surface area contributed by atoms with Gasteiger partial charge < -0.3 is 13.6 Å². The molecule has 4 heteroatoms. The van der Waals surface area contributed by atoms with Crippen LogP contribution in [0.4, 0.5) is 0 Å². The zero-order chi connectivity index (χ0) is 48.1. The molecule has 0 saturated heterocycles. The molecule has 1 aliphatic carbocycles. The molecule has 0 bridgehead atoms. The second-order valence-electron chi connectivity index (χ2n) is 20.4. The summed E-state index contributed by atoms with van der Waals surface area (Å²) < 4.78 is 13.8. The number of furan rings is 1. The third kappa shape index (κ3) is 5.81. The number of rotatable bonds is 5. The second kappa shape index (κ2) is 15.0. The summed E-state index contributed by atoms with van der Waals surface area (Å²) in [5.74, 6) is 0. The highest BCUT2D eigenvalue weighted by Gasteiger charge is 2.37. The molecule has 0 atom stereocenters. The average Bonchev–Trinajstić information content (AvgIpc) is 4.24. The summed E-state index contributed by atoms with van der Waals surface area (Å²) in [7, 11) is 0. The molecule has 0 N–H and O–H groups in total. The number of benzene rings is 11. The molecular formula is C69H44N2OS. The molecule has 11 aromatic carbocycles. The van der Waals surface area contributed by atoms with Crippen LogP contribution in [-0.4, -0.2) is 9.13 Å². The largest absolute Gasteiger partial charge is 0.456 e. The number of para-hydroxylation sites is 3. The molecule has 0 radical (unpaired) electrons. The lowest BCUT2D eigenvalue weighted by Crippen LogP contribution is -2.14. The lowest BCUT2D eigenvalue weighted by atomic mass is 9.82. The van der Waals surface area contributed by atoms with Gasteiger partial charge >= 0.3 is 0 Å². The Balaban J connectivity index is 0.806. The maximum absolute atomic E-state index is 6.23. The zero-order valence-electron chi connectivity index (χ0n) is 40.2. The summed E-state index contributed by atoms with van der Waals surface area (Å²) in [6, 6.07) is 85.2. The lowest BCUT2D eigenvalue weighted by molar-refractivity contribution is 0.661. The first-order chi connectivity index (χ1) is 35.9. The smallest absolute Gasteiger partial charge is 0.135 e. The number of hydrogen-bond donors (Lipinski definition) is 0. The first-order valence-electron chi connectivity index (χ1n) is 25.2. The first kappa shape index (κ1) is 40.7. The predicted molar refractivity (Wildman–Crippen MR) is 309 cm³/mol. The highest BCUT2D eigenvalue weighted by atomic mass is 32.1. The van der Waals surface area contributed by atoms with Crippen molar-refractivity contribution in [1.82, 2.24) is 9.13 Å². The molecule has 0 saturated carbocycles. The van der Waals surface area contributed by atoms with Crippen molar-refractivity contribution in [3.8, 4) is 55.9 Å². The van der Waals surface area contributed by atoms with Crippen molar-refractivity contribution in [2.75, 3.05) is 0 Å². The Bertz CT molecular complexity index is 4810. The van der Waals surface area contributed by atoms with E-state index in [4.69, 9.17) is 4.42 Å². The molecule has 0 unspecified atom stereocenters. The zero-order valence-corrected chi connectivity index (χ0v) is 41.0. The number of hydrogen-bond acceptors (Lipinski definition) is 2. The quantitative estimate of drug-likeness (QED) is 0.169. The fraction of sp³-hybridized carbons (Fsp3) is 0.0435. The van der Waals surface area contributed by atoms with Gasteiger partial charge in [-0.15, -0.1) is 11.3 Å². The van der Waals surface area contributed by atoms with Crippen molar-refractivity contribution in [3.63, 3.8) is 0 Å². The molecule has 1 aliphatic rings. The summed E-state index contributed by atoms with van der Waals surface area (Å²) in [6.45, 7) is 4.74. The molecule has 16 rings (SSSR count). The van der Waals surface area contributed by atoms with E-state index in [1.165, 1.54) is 119 Å². The van der Waals surface area contributed by atoms with E-state index >= 15 is 0 Å². The van der Waals surface area contributed by atoms with Crippen LogP contribution in [0.2, 0.25) is 0 Å². The van der Waals surface area contributed by atoms with E-state index < -0.39 is 0 Å². The minimum atomic E-state index is -0.0228. The Morgan fingerprint density at radius 3 is 1.64 bits per heavy atom. The van der Waals surface area contributed by atoms with E-state index in [0.29, 0.717) is 0 Å². The Labute approximate surface area is 425 Å². The molecule has 0 amide bonds. The van der Waals surface area contributed by atoms with Gasteiger partial charge in [-0.05, 0) is 129 Å². The van der Waals surface area contributed by atoms with Crippen molar-refractivity contribution >= 4 is 97.1 Å². The lowest BCUT2D eigenvalue weighted by Gasteiger charge is -2.21. The molecular weight excluding hydrogens is 905 g/mol. The summed E-state index contributed by atoms with van der Waals surface area (Å²) in [5, 5.41) is 9.85. The minimum Gasteiger partial charge on any atom is -0.456 e. The van der Waals surface area contributed by atoms with Gasteiger partial charge in [-0.3, -0.25) is 0 Å². The molecule has 15 aromatic rings. The number of thiophene rings is 1. The Morgan fingerprint density at radius 2 is 0.877 bits per heavy atom. The van der Waals surface area contributed by atoms with Gasteiger partial charge in [-0.25, -0.2) is 0 Å². The van der Waals surface area contributed by atoms with Crippen LogP contribution in [0.3, 0.4) is 0 Å². The maximum Gasteiger partial charge on any atom is 0.135 e.